The number of piperidine rings is 1. The van der Waals surface area contributed by atoms with E-state index >= 15 is 0 Å². The largest absolute Gasteiger partial charge is 0.417 e. The second-order valence-electron chi connectivity index (χ2n) is 7.54. The lowest BCUT2D eigenvalue weighted by Crippen LogP contribution is -2.52. The van der Waals surface area contributed by atoms with Crippen molar-refractivity contribution in [1.29, 1.82) is 0 Å². The maximum absolute atomic E-state index is 13.5. The summed E-state index contributed by atoms with van der Waals surface area (Å²) in [6.07, 6.45) is 0.868. The normalized spacial score (nSPS) is 19.1. The summed E-state index contributed by atoms with van der Waals surface area (Å²) in [6, 6.07) is 6.81. The Morgan fingerprint density at radius 2 is 1.94 bits per heavy atom. The lowest BCUT2D eigenvalue weighted by molar-refractivity contribution is -0.137. The summed E-state index contributed by atoms with van der Waals surface area (Å²) in [5.41, 5.74) is 0.0715. The molecule has 1 fully saturated rings. The zero-order chi connectivity index (χ0) is 22.9. The van der Waals surface area contributed by atoms with Crippen LogP contribution in [-0.2, 0) is 6.18 Å². The highest BCUT2D eigenvalue weighted by Crippen LogP contribution is 2.30. The Morgan fingerprint density at radius 3 is 2.59 bits per heavy atom. The summed E-state index contributed by atoms with van der Waals surface area (Å²) in [4.78, 5) is 20.4. The van der Waals surface area contributed by atoms with E-state index in [9.17, 15) is 18.0 Å². The molecule has 1 aliphatic heterocycles. The van der Waals surface area contributed by atoms with Crippen molar-refractivity contribution in [2.24, 2.45) is 0 Å². The predicted molar refractivity (Wildman–Crippen MR) is 113 cm³/mol. The SMILES string of the molecule is C[C@H]1[C@H](Nc2ccc(C(F)(F)F)cn2)CCCN1C(=O)c1cc(Cl)ccc1-n1nccn1. The number of anilines is 1. The topological polar surface area (TPSA) is 75.9 Å². The molecule has 0 radical (unpaired) electrons. The lowest BCUT2D eigenvalue weighted by Gasteiger charge is -2.40. The highest BCUT2D eigenvalue weighted by Gasteiger charge is 2.34. The molecular formula is C21H20ClF3N6O. The average molecular weight is 465 g/mol. The van der Waals surface area contributed by atoms with Crippen molar-refractivity contribution in [2.75, 3.05) is 11.9 Å². The lowest BCUT2D eigenvalue weighted by atomic mass is 9.96. The van der Waals surface area contributed by atoms with Gasteiger partial charge in [0.05, 0.1) is 29.2 Å². The van der Waals surface area contributed by atoms with Gasteiger partial charge in [0.15, 0.2) is 0 Å². The number of pyridine rings is 1. The first-order chi connectivity index (χ1) is 15.2. The van der Waals surface area contributed by atoms with Crippen molar-refractivity contribution >= 4 is 23.3 Å². The molecule has 1 amide bonds. The highest BCUT2D eigenvalue weighted by molar-refractivity contribution is 6.31. The predicted octanol–water partition coefficient (Wildman–Crippen LogP) is 4.44. The Morgan fingerprint density at radius 1 is 1.19 bits per heavy atom. The van der Waals surface area contributed by atoms with Crippen molar-refractivity contribution in [3.63, 3.8) is 0 Å². The Balaban J connectivity index is 1.54. The number of carbonyl (C=O) groups is 1. The fourth-order valence-electron chi connectivity index (χ4n) is 3.81. The number of hydrogen-bond acceptors (Lipinski definition) is 5. The molecule has 168 valence electrons. The average Bonchev–Trinajstić information content (AvgIpc) is 3.29. The van der Waals surface area contributed by atoms with E-state index in [2.05, 4.69) is 20.5 Å². The van der Waals surface area contributed by atoms with Crippen LogP contribution < -0.4 is 5.32 Å². The van der Waals surface area contributed by atoms with Gasteiger partial charge in [0.25, 0.3) is 5.91 Å². The molecule has 32 heavy (non-hydrogen) atoms. The number of nitrogens with zero attached hydrogens (tertiary/aromatic N) is 5. The minimum absolute atomic E-state index is 0.178. The number of aromatic nitrogens is 4. The molecule has 0 saturated carbocycles. The second kappa shape index (κ2) is 8.78. The van der Waals surface area contributed by atoms with Gasteiger partial charge in [0.2, 0.25) is 0 Å². The molecule has 0 aliphatic carbocycles. The van der Waals surface area contributed by atoms with Gasteiger partial charge in [0, 0.05) is 29.8 Å². The Hall–Kier alpha value is -3.14. The van der Waals surface area contributed by atoms with E-state index in [1.54, 1.807) is 23.1 Å². The Bertz CT molecular complexity index is 1090. The fraction of sp³-hybridized carbons (Fsp3) is 0.333. The van der Waals surface area contributed by atoms with Crippen LogP contribution >= 0.6 is 11.6 Å². The molecule has 1 N–H and O–H groups in total. The van der Waals surface area contributed by atoms with E-state index < -0.39 is 11.7 Å². The molecule has 11 heteroatoms. The minimum Gasteiger partial charge on any atom is -0.365 e. The number of hydrogen-bond donors (Lipinski definition) is 1. The molecule has 0 bridgehead atoms. The molecule has 2 aromatic heterocycles. The molecule has 0 spiro atoms. The van der Waals surface area contributed by atoms with Gasteiger partial charge in [-0.1, -0.05) is 11.6 Å². The number of amides is 1. The number of alkyl halides is 3. The second-order valence-corrected chi connectivity index (χ2v) is 7.98. The molecule has 1 saturated heterocycles. The molecule has 1 aliphatic rings. The monoisotopic (exact) mass is 464 g/mol. The van der Waals surface area contributed by atoms with Crippen molar-refractivity contribution < 1.29 is 18.0 Å². The van der Waals surface area contributed by atoms with Gasteiger partial charge in [-0.15, -0.1) is 0 Å². The molecule has 1 aromatic carbocycles. The van der Waals surface area contributed by atoms with Gasteiger partial charge in [-0.25, -0.2) is 4.98 Å². The van der Waals surface area contributed by atoms with Crippen LogP contribution in [-0.4, -0.2) is 49.4 Å². The van der Waals surface area contributed by atoms with Gasteiger partial charge in [-0.3, -0.25) is 4.79 Å². The van der Waals surface area contributed by atoms with Gasteiger partial charge < -0.3 is 10.2 Å². The van der Waals surface area contributed by atoms with Crippen LogP contribution in [0.3, 0.4) is 0 Å². The van der Waals surface area contributed by atoms with Crippen molar-refractivity contribution in [2.45, 2.75) is 38.0 Å². The maximum atomic E-state index is 13.5. The van der Waals surface area contributed by atoms with Crippen molar-refractivity contribution in [1.82, 2.24) is 24.9 Å². The highest BCUT2D eigenvalue weighted by atomic mass is 35.5. The first-order valence-electron chi connectivity index (χ1n) is 10.0. The number of nitrogens with one attached hydrogen (secondary N) is 1. The van der Waals surface area contributed by atoms with Crippen LogP contribution in [0.25, 0.3) is 5.69 Å². The van der Waals surface area contributed by atoms with E-state index in [0.717, 1.165) is 25.1 Å². The number of benzene rings is 1. The third-order valence-corrected chi connectivity index (χ3v) is 5.73. The van der Waals surface area contributed by atoms with Gasteiger partial charge in [0.1, 0.15) is 5.82 Å². The zero-order valence-electron chi connectivity index (χ0n) is 17.1. The molecule has 3 aromatic rings. The van der Waals surface area contributed by atoms with E-state index in [0.29, 0.717) is 28.6 Å². The molecule has 4 rings (SSSR count). The first kappa shape index (κ1) is 22.1. The van der Waals surface area contributed by atoms with Crippen LogP contribution in [0.4, 0.5) is 19.0 Å². The van der Waals surface area contributed by atoms with Gasteiger partial charge >= 0.3 is 6.18 Å². The summed E-state index contributed by atoms with van der Waals surface area (Å²) in [5, 5.41) is 11.8. The first-order valence-corrected chi connectivity index (χ1v) is 10.4. The van der Waals surface area contributed by atoms with E-state index in [4.69, 9.17) is 11.6 Å². The number of likely N-dealkylation sites (tertiary alicyclic amines) is 1. The van der Waals surface area contributed by atoms with E-state index in [-0.39, 0.29) is 18.0 Å². The fourth-order valence-corrected chi connectivity index (χ4v) is 3.98. The van der Waals surface area contributed by atoms with E-state index in [1.807, 2.05) is 6.92 Å². The Kier molecular flexibility index (Phi) is 6.05. The zero-order valence-corrected chi connectivity index (χ0v) is 17.8. The van der Waals surface area contributed by atoms with Crippen LogP contribution in [0.15, 0.2) is 48.9 Å². The molecule has 0 unspecified atom stereocenters. The smallest absolute Gasteiger partial charge is 0.365 e. The van der Waals surface area contributed by atoms with Gasteiger partial charge in [-0.2, -0.15) is 28.2 Å². The maximum Gasteiger partial charge on any atom is 0.417 e. The van der Waals surface area contributed by atoms with E-state index in [1.165, 1.54) is 23.3 Å². The van der Waals surface area contributed by atoms with Crippen LogP contribution in [0.5, 0.6) is 0 Å². The number of halogens is 4. The quantitative estimate of drug-likeness (QED) is 0.617. The summed E-state index contributed by atoms with van der Waals surface area (Å²) in [5.74, 6) is 0.104. The number of rotatable bonds is 4. The Labute approximate surface area is 187 Å². The van der Waals surface area contributed by atoms with Crippen LogP contribution in [0.2, 0.25) is 5.02 Å². The number of carbonyl (C=O) groups excluding carboxylic acids is 1. The summed E-state index contributed by atoms with van der Waals surface area (Å²) in [6.45, 7) is 2.44. The summed E-state index contributed by atoms with van der Waals surface area (Å²) >= 11 is 6.16. The summed E-state index contributed by atoms with van der Waals surface area (Å²) in [7, 11) is 0. The molecule has 7 nitrogen and oxygen atoms in total. The summed E-state index contributed by atoms with van der Waals surface area (Å²) < 4.78 is 38.3. The molecule has 2 atom stereocenters. The van der Waals surface area contributed by atoms with Crippen LogP contribution in [0.1, 0.15) is 35.7 Å². The van der Waals surface area contributed by atoms with Crippen molar-refractivity contribution in [3.05, 3.63) is 65.1 Å². The van der Waals surface area contributed by atoms with Crippen molar-refractivity contribution in [3.8, 4) is 5.69 Å². The minimum atomic E-state index is -4.44. The van der Waals surface area contributed by atoms with Crippen LogP contribution in [0, 0.1) is 0 Å². The molecular weight excluding hydrogens is 445 g/mol. The third kappa shape index (κ3) is 4.55. The molecule has 3 heterocycles. The standard InChI is InChI=1S/C21H20ClF3N6O/c1-13-17(29-19-7-4-14(12-26-19)21(23,24)25)3-2-10-30(13)20(32)16-11-15(22)5-6-18(16)31-27-8-9-28-31/h4-9,11-13,17H,2-3,10H2,1H3,(H,26,29)/t13-,17+/m0/s1. The third-order valence-electron chi connectivity index (χ3n) is 5.50. The van der Waals surface area contributed by atoms with Gasteiger partial charge in [-0.05, 0) is 50.1 Å².